The van der Waals surface area contributed by atoms with E-state index in [1.54, 1.807) is 35.8 Å². The topological polar surface area (TPSA) is 85.4 Å². The first-order valence-corrected chi connectivity index (χ1v) is 7.04. The molecule has 8 heteroatoms. The van der Waals surface area contributed by atoms with Crippen molar-refractivity contribution in [3.63, 3.8) is 0 Å². The number of carbonyl (C=O) groups is 2. The number of rotatable bonds is 3. The predicted octanol–water partition coefficient (Wildman–Crippen LogP) is 0.157. The van der Waals surface area contributed by atoms with Crippen LogP contribution in [0.2, 0.25) is 0 Å². The van der Waals surface area contributed by atoms with Crippen LogP contribution in [0.25, 0.3) is 0 Å². The lowest BCUT2D eigenvalue weighted by molar-refractivity contribution is -0.136. The second-order valence-corrected chi connectivity index (χ2v) is 5.56. The van der Waals surface area contributed by atoms with Gasteiger partial charge in [-0.3, -0.25) is 9.89 Å². The van der Waals surface area contributed by atoms with Gasteiger partial charge in [0.1, 0.15) is 12.2 Å². The van der Waals surface area contributed by atoms with Gasteiger partial charge in [-0.1, -0.05) is 0 Å². The quantitative estimate of drug-likeness (QED) is 0.860. The summed E-state index contributed by atoms with van der Waals surface area (Å²) in [6.07, 6.45) is 2.84. The molecule has 21 heavy (non-hydrogen) atoms. The van der Waals surface area contributed by atoms with E-state index in [-0.39, 0.29) is 17.9 Å². The van der Waals surface area contributed by atoms with Gasteiger partial charge >= 0.3 is 6.03 Å². The minimum absolute atomic E-state index is 0.0101. The van der Waals surface area contributed by atoms with E-state index in [0.29, 0.717) is 38.3 Å². The molecular weight excluding hydrogens is 272 g/mol. The van der Waals surface area contributed by atoms with E-state index in [2.05, 4.69) is 15.2 Å². The molecule has 0 spiro atoms. The minimum Gasteiger partial charge on any atom is -0.338 e. The Balaban J connectivity index is 1.84. The number of nitrogens with zero attached hydrogens (tertiary/aromatic N) is 5. The monoisotopic (exact) mass is 294 g/mol. The van der Waals surface area contributed by atoms with Gasteiger partial charge in [0.05, 0.1) is 6.54 Å². The zero-order chi connectivity index (χ0) is 15.4. The van der Waals surface area contributed by atoms with Crippen LogP contribution < -0.4 is 0 Å². The first-order chi connectivity index (χ1) is 9.99. The van der Waals surface area contributed by atoms with Crippen LogP contribution in [0.1, 0.15) is 18.7 Å². The highest BCUT2D eigenvalue weighted by atomic mass is 16.2. The second-order valence-electron chi connectivity index (χ2n) is 5.56. The number of nitrogens with one attached hydrogen (secondary N) is 1. The molecule has 3 amide bonds. The fourth-order valence-corrected chi connectivity index (χ4v) is 2.52. The summed E-state index contributed by atoms with van der Waals surface area (Å²) >= 11 is 0. The summed E-state index contributed by atoms with van der Waals surface area (Å²) in [6.45, 7) is 1.68. The number of aromatic nitrogens is 3. The van der Waals surface area contributed by atoms with E-state index in [1.165, 1.54) is 6.33 Å². The standard InChI is InChI=1S/C13H22N6O2/c1-17(2)13(21)19-6-4-10(5-7-19)12(20)18(3)8-11-14-9-15-16-11/h9-10H,4-8H2,1-3H3,(H,14,15,16). The van der Waals surface area contributed by atoms with E-state index < -0.39 is 0 Å². The van der Waals surface area contributed by atoms with Crippen molar-refractivity contribution in [2.24, 2.45) is 5.92 Å². The number of amides is 3. The number of carbonyl (C=O) groups excluding carboxylic acids is 2. The first kappa shape index (κ1) is 15.3. The van der Waals surface area contributed by atoms with Crippen LogP contribution in [0.4, 0.5) is 4.79 Å². The molecule has 1 saturated heterocycles. The Hall–Kier alpha value is -2.12. The van der Waals surface area contributed by atoms with Crippen molar-refractivity contribution in [1.82, 2.24) is 29.9 Å². The smallest absolute Gasteiger partial charge is 0.319 e. The molecule has 2 heterocycles. The lowest BCUT2D eigenvalue weighted by Gasteiger charge is -2.34. The lowest BCUT2D eigenvalue weighted by atomic mass is 9.95. The summed E-state index contributed by atoms with van der Waals surface area (Å²) < 4.78 is 0. The third-order valence-electron chi connectivity index (χ3n) is 3.73. The van der Waals surface area contributed by atoms with Crippen molar-refractivity contribution in [3.8, 4) is 0 Å². The maximum atomic E-state index is 12.4. The number of hydrogen-bond acceptors (Lipinski definition) is 4. The third kappa shape index (κ3) is 3.71. The Morgan fingerprint density at radius 3 is 2.52 bits per heavy atom. The summed E-state index contributed by atoms with van der Waals surface area (Å²) in [7, 11) is 5.25. The molecule has 1 aromatic rings. The molecule has 0 aromatic carbocycles. The van der Waals surface area contributed by atoms with Gasteiger partial charge in [-0.25, -0.2) is 9.78 Å². The minimum atomic E-state index is -0.0240. The van der Waals surface area contributed by atoms with Crippen molar-refractivity contribution in [1.29, 1.82) is 0 Å². The van der Waals surface area contributed by atoms with Crippen molar-refractivity contribution in [2.75, 3.05) is 34.2 Å². The summed E-state index contributed by atoms with van der Waals surface area (Å²) in [4.78, 5) is 33.3. The Morgan fingerprint density at radius 1 is 1.33 bits per heavy atom. The molecule has 2 rings (SSSR count). The lowest BCUT2D eigenvalue weighted by Crippen LogP contribution is -2.46. The van der Waals surface area contributed by atoms with E-state index in [0.717, 1.165) is 0 Å². The number of hydrogen-bond donors (Lipinski definition) is 1. The van der Waals surface area contributed by atoms with Crippen LogP contribution >= 0.6 is 0 Å². The Bertz CT molecular complexity index is 479. The maximum Gasteiger partial charge on any atom is 0.319 e. The molecule has 0 unspecified atom stereocenters. The van der Waals surface area contributed by atoms with Gasteiger partial charge in [-0.05, 0) is 12.8 Å². The summed E-state index contributed by atoms with van der Waals surface area (Å²) in [5.74, 6) is 0.749. The average molecular weight is 294 g/mol. The summed E-state index contributed by atoms with van der Waals surface area (Å²) in [5, 5.41) is 6.52. The van der Waals surface area contributed by atoms with Crippen LogP contribution in [0.5, 0.6) is 0 Å². The van der Waals surface area contributed by atoms with Crippen molar-refractivity contribution < 1.29 is 9.59 Å². The van der Waals surface area contributed by atoms with Crippen molar-refractivity contribution in [2.45, 2.75) is 19.4 Å². The predicted molar refractivity (Wildman–Crippen MR) is 76.2 cm³/mol. The Morgan fingerprint density at radius 2 is 2.00 bits per heavy atom. The van der Waals surface area contributed by atoms with Crippen LogP contribution in [-0.4, -0.2) is 76.1 Å². The first-order valence-electron chi connectivity index (χ1n) is 7.04. The molecule has 0 bridgehead atoms. The number of H-pyrrole nitrogens is 1. The van der Waals surface area contributed by atoms with Gasteiger partial charge < -0.3 is 14.7 Å². The summed E-state index contributed by atoms with van der Waals surface area (Å²) in [5.41, 5.74) is 0. The highest BCUT2D eigenvalue weighted by molar-refractivity contribution is 5.79. The van der Waals surface area contributed by atoms with Crippen LogP contribution in [0, 0.1) is 5.92 Å². The molecule has 1 fully saturated rings. The van der Waals surface area contributed by atoms with Gasteiger partial charge in [-0.2, -0.15) is 5.10 Å². The highest BCUT2D eigenvalue weighted by Crippen LogP contribution is 2.20. The number of urea groups is 1. The molecule has 1 aromatic heterocycles. The van der Waals surface area contributed by atoms with Crippen LogP contribution in [-0.2, 0) is 11.3 Å². The normalized spacial score (nSPS) is 15.9. The molecule has 0 saturated carbocycles. The average Bonchev–Trinajstić information content (AvgIpc) is 2.98. The maximum absolute atomic E-state index is 12.4. The van der Waals surface area contributed by atoms with Gasteiger partial charge in [0.15, 0.2) is 0 Å². The Labute approximate surface area is 124 Å². The number of aromatic amines is 1. The molecule has 0 atom stereocenters. The van der Waals surface area contributed by atoms with Gasteiger partial charge in [0.2, 0.25) is 5.91 Å². The molecule has 116 valence electrons. The number of piperidine rings is 1. The van der Waals surface area contributed by atoms with E-state index in [1.807, 2.05) is 0 Å². The molecular formula is C13H22N6O2. The van der Waals surface area contributed by atoms with Crippen LogP contribution in [0.15, 0.2) is 6.33 Å². The Kier molecular flexibility index (Phi) is 4.77. The van der Waals surface area contributed by atoms with E-state index in [4.69, 9.17) is 0 Å². The fraction of sp³-hybridized carbons (Fsp3) is 0.692. The second kappa shape index (κ2) is 6.55. The van der Waals surface area contributed by atoms with Crippen molar-refractivity contribution in [3.05, 3.63) is 12.2 Å². The summed E-state index contributed by atoms with van der Waals surface area (Å²) in [6, 6.07) is 0.0101. The van der Waals surface area contributed by atoms with E-state index >= 15 is 0 Å². The fourth-order valence-electron chi connectivity index (χ4n) is 2.52. The van der Waals surface area contributed by atoms with E-state index in [9.17, 15) is 9.59 Å². The van der Waals surface area contributed by atoms with Gasteiger partial charge in [-0.15, -0.1) is 0 Å². The molecule has 1 aliphatic rings. The van der Waals surface area contributed by atoms with Gasteiger partial charge in [0.25, 0.3) is 0 Å². The van der Waals surface area contributed by atoms with Gasteiger partial charge in [0, 0.05) is 40.2 Å². The van der Waals surface area contributed by atoms with Crippen LogP contribution in [0.3, 0.4) is 0 Å². The van der Waals surface area contributed by atoms with Crippen molar-refractivity contribution >= 4 is 11.9 Å². The zero-order valence-corrected chi connectivity index (χ0v) is 12.7. The largest absolute Gasteiger partial charge is 0.338 e. The highest BCUT2D eigenvalue weighted by Gasteiger charge is 2.29. The molecule has 8 nitrogen and oxygen atoms in total. The molecule has 0 aliphatic carbocycles. The third-order valence-corrected chi connectivity index (χ3v) is 3.73. The SMILES string of the molecule is CN(C)C(=O)N1CCC(C(=O)N(C)Cc2ncn[nH]2)CC1. The zero-order valence-electron chi connectivity index (χ0n) is 12.7. The molecule has 1 N–H and O–H groups in total. The molecule has 0 radical (unpaired) electrons. The molecule has 1 aliphatic heterocycles. The number of likely N-dealkylation sites (tertiary alicyclic amines) is 1.